The van der Waals surface area contributed by atoms with Crippen LogP contribution in [0.25, 0.3) is 6.08 Å². The minimum absolute atomic E-state index is 0.186. The summed E-state index contributed by atoms with van der Waals surface area (Å²) in [5.74, 6) is -2.63. The van der Waals surface area contributed by atoms with Crippen LogP contribution in [0.1, 0.15) is 11.1 Å². The molecule has 8 nitrogen and oxygen atoms in total. The maximum atomic E-state index is 13.0. The Morgan fingerprint density at radius 2 is 1.93 bits per heavy atom. The molecule has 0 spiro atoms. The van der Waals surface area contributed by atoms with Crippen molar-refractivity contribution in [2.24, 2.45) is 0 Å². The normalized spacial score (nSPS) is 15.4. The largest absolute Gasteiger partial charge is 0.481 e. The molecule has 0 atom stereocenters. The minimum atomic E-state index is -1.17. The van der Waals surface area contributed by atoms with Gasteiger partial charge in [0.1, 0.15) is 11.3 Å². The molecule has 0 unspecified atom stereocenters. The Morgan fingerprint density at radius 1 is 1.21 bits per heavy atom. The third-order valence-electron chi connectivity index (χ3n) is 4.07. The molecule has 1 aliphatic heterocycles. The van der Waals surface area contributed by atoms with E-state index in [1.54, 1.807) is 43.3 Å². The van der Waals surface area contributed by atoms with Gasteiger partial charge in [0, 0.05) is 10.0 Å². The summed E-state index contributed by atoms with van der Waals surface area (Å²) >= 11 is 3.36. The number of barbiturate groups is 1. The van der Waals surface area contributed by atoms with Crippen LogP contribution in [0.15, 0.2) is 52.5 Å². The number of benzene rings is 2. The molecule has 4 amide bonds. The Morgan fingerprint density at radius 3 is 2.62 bits per heavy atom. The SMILES string of the molecule is Cc1cc(N2C(=O)NC(=O)/C(=C\c3ccccc3OCC(=O)O)C2=O)ccc1Br. The van der Waals surface area contributed by atoms with Crippen LogP contribution >= 0.6 is 15.9 Å². The van der Waals surface area contributed by atoms with E-state index in [0.717, 1.165) is 14.9 Å². The number of amides is 4. The maximum absolute atomic E-state index is 13.0. The molecule has 9 heteroatoms. The summed E-state index contributed by atoms with van der Waals surface area (Å²) < 4.78 is 6.01. The molecular formula is C20H15BrN2O6. The van der Waals surface area contributed by atoms with E-state index in [4.69, 9.17) is 9.84 Å². The summed E-state index contributed by atoms with van der Waals surface area (Å²) in [6.07, 6.45) is 1.26. The lowest BCUT2D eigenvalue weighted by Crippen LogP contribution is -2.54. The first-order valence-corrected chi connectivity index (χ1v) is 9.18. The number of aryl methyl sites for hydroxylation is 1. The second kappa shape index (κ2) is 8.27. The number of carboxylic acids is 1. The smallest absolute Gasteiger partial charge is 0.341 e. The highest BCUT2D eigenvalue weighted by atomic mass is 79.9. The lowest BCUT2D eigenvalue weighted by atomic mass is 10.1. The Labute approximate surface area is 173 Å². The van der Waals surface area contributed by atoms with Gasteiger partial charge in [0.05, 0.1) is 5.69 Å². The number of anilines is 1. The third-order valence-corrected chi connectivity index (χ3v) is 4.96. The van der Waals surface area contributed by atoms with E-state index in [1.165, 1.54) is 12.1 Å². The van der Waals surface area contributed by atoms with Gasteiger partial charge in [-0.25, -0.2) is 14.5 Å². The molecule has 0 saturated carbocycles. The fourth-order valence-corrected chi connectivity index (χ4v) is 2.93. The van der Waals surface area contributed by atoms with Crippen LogP contribution in [-0.2, 0) is 14.4 Å². The molecule has 29 heavy (non-hydrogen) atoms. The van der Waals surface area contributed by atoms with Crippen LogP contribution in [0.3, 0.4) is 0 Å². The van der Waals surface area contributed by atoms with Crippen LogP contribution in [0.4, 0.5) is 10.5 Å². The van der Waals surface area contributed by atoms with Gasteiger partial charge in [0.2, 0.25) is 0 Å². The van der Waals surface area contributed by atoms with Crippen molar-refractivity contribution in [3.63, 3.8) is 0 Å². The Hall–Kier alpha value is -3.46. The molecule has 1 aliphatic rings. The topological polar surface area (TPSA) is 113 Å². The molecule has 0 radical (unpaired) electrons. The molecule has 0 aromatic heterocycles. The molecular weight excluding hydrogens is 444 g/mol. The quantitative estimate of drug-likeness (QED) is 0.525. The van der Waals surface area contributed by atoms with Gasteiger partial charge < -0.3 is 9.84 Å². The first kappa shape index (κ1) is 20.3. The zero-order chi connectivity index (χ0) is 21.1. The molecule has 2 aromatic carbocycles. The average Bonchev–Trinajstić information content (AvgIpc) is 2.66. The fourth-order valence-electron chi connectivity index (χ4n) is 2.69. The number of hydrogen-bond donors (Lipinski definition) is 2. The molecule has 1 fully saturated rings. The van der Waals surface area contributed by atoms with Gasteiger partial charge in [0.25, 0.3) is 11.8 Å². The van der Waals surface area contributed by atoms with Gasteiger partial charge in [-0.2, -0.15) is 0 Å². The van der Waals surface area contributed by atoms with E-state index in [9.17, 15) is 19.2 Å². The second-order valence-electron chi connectivity index (χ2n) is 6.11. The van der Waals surface area contributed by atoms with Crippen LogP contribution < -0.4 is 15.0 Å². The third kappa shape index (κ3) is 4.35. The molecule has 0 bridgehead atoms. The van der Waals surface area contributed by atoms with Gasteiger partial charge >= 0.3 is 12.0 Å². The van der Waals surface area contributed by atoms with E-state index in [0.29, 0.717) is 11.3 Å². The number of ether oxygens (including phenoxy) is 1. The molecule has 2 aromatic rings. The number of hydrogen-bond acceptors (Lipinski definition) is 5. The van der Waals surface area contributed by atoms with Gasteiger partial charge in [-0.05, 0) is 42.8 Å². The van der Waals surface area contributed by atoms with Crippen molar-refractivity contribution in [1.82, 2.24) is 5.32 Å². The van der Waals surface area contributed by atoms with Crippen LogP contribution in [0, 0.1) is 6.92 Å². The summed E-state index contributed by atoms with van der Waals surface area (Å²) in [6, 6.07) is 10.4. The second-order valence-corrected chi connectivity index (χ2v) is 6.97. The number of nitrogens with one attached hydrogen (secondary N) is 1. The average molecular weight is 459 g/mol. The number of imide groups is 2. The van der Waals surface area contributed by atoms with E-state index >= 15 is 0 Å². The Bertz CT molecular complexity index is 1060. The molecule has 0 aliphatic carbocycles. The number of aliphatic carboxylic acids is 1. The van der Waals surface area contributed by atoms with E-state index in [-0.39, 0.29) is 11.3 Å². The van der Waals surface area contributed by atoms with Gasteiger partial charge in [0.15, 0.2) is 6.61 Å². The number of para-hydroxylation sites is 1. The highest BCUT2D eigenvalue weighted by molar-refractivity contribution is 9.10. The van der Waals surface area contributed by atoms with Crippen LogP contribution in [0.5, 0.6) is 5.75 Å². The van der Waals surface area contributed by atoms with Crippen molar-refractivity contribution < 1.29 is 29.0 Å². The van der Waals surface area contributed by atoms with Crippen molar-refractivity contribution in [3.8, 4) is 5.75 Å². The first-order valence-electron chi connectivity index (χ1n) is 8.39. The zero-order valence-electron chi connectivity index (χ0n) is 15.1. The van der Waals surface area contributed by atoms with E-state index in [2.05, 4.69) is 21.2 Å². The maximum Gasteiger partial charge on any atom is 0.341 e. The van der Waals surface area contributed by atoms with Gasteiger partial charge in [-0.15, -0.1) is 0 Å². The summed E-state index contributed by atoms with van der Waals surface area (Å²) in [5, 5.41) is 10.9. The van der Waals surface area contributed by atoms with Crippen molar-refractivity contribution in [2.75, 3.05) is 11.5 Å². The molecule has 2 N–H and O–H groups in total. The lowest BCUT2D eigenvalue weighted by molar-refractivity contribution is -0.139. The van der Waals surface area contributed by atoms with E-state index < -0.39 is 30.4 Å². The first-order chi connectivity index (χ1) is 13.8. The van der Waals surface area contributed by atoms with Crippen LogP contribution in [0.2, 0.25) is 0 Å². The molecule has 3 rings (SSSR count). The standard InChI is InChI=1S/C20H15BrN2O6/c1-11-8-13(6-7-15(11)21)23-19(27)14(18(26)22-20(23)28)9-12-4-2-3-5-16(12)29-10-17(24)25/h2-9H,10H2,1H3,(H,24,25)(H,22,26,28)/b14-9+. The lowest BCUT2D eigenvalue weighted by Gasteiger charge is -2.26. The van der Waals surface area contributed by atoms with Gasteiger partial charge in [-0.1, -0.05) is 34.1 Å². The minimum Gasteiger partial charge on any atom is -0.481 e. The Kier molecular flexibility index (Phi) is 5.79. The van der Waals surface area contributed by atoms with E-state index in [1.807, 2.05) is 0 Å². The summed E-state index contributed by atoms with van der Waals surface area (Å²) in [6.45, 7) is 1.22. The predicted molar refractivity (Wildman–Crippen MR) is 107 cm³/mol. The highest BCUT2D eigenvalue weighted by Crippen LogP contribution is 2.28. The number of urea groups is 1. The monoisotopic (exact) mass is 458 g/mol. The highest BCUT2D eigenvalue weighted by Gasteiger charge is 2.37. The number of halogens is 1. The number of nitrogens with zero attached hydrogens (tertiary/aromatic N) is 1. The molecule has 1 saturated heterocycles. The number of carboxylic acid groups (broad SMARTS) is 1. The van der Waals surface area contributed by atoms with Crippen molar-refractivity contribution in [3.05, 3.63) is 63.6 Å². The predicted octanol–water partition coefficient (Wildman–Crippen LogP) is 2.89. The zero-order valence-corrected chi connectivity index (χ0v) is 16.7. The molecule has 148 valence electrons. The number of carbonyl (C=O) groups excluding carboxylic acids is 3. The summed E-state index contributed by atoms with van der Waals surface area (Å²) in [4.78, 5) is 49.2. The van der Waals surface area contributed by atoms with Gasteiger partial charge in [-0.3, -0.25) is 14.9 Å². The Balaban J connectivity index is 2.00. The number of rotatable bonds is 5. The summed E-state index contributed by atoms with van der Waals surface area (Å²) in [7, 11) is 0. The summed E-state index contributed by atoms with van der Waals surface area (Å²) in [5.41, 5.74) is 1.16. The fraction of sp³-hybridized carbons (Fsp3) is 0.100. The van der Waals surface area contributed by atoms with Crippen molar-refractivity contribution in [2.45, 2.75) is 6.92 Å². The van der Waals surface area contributed by atoms with Crippen molar-refractivity contribution in [1.29, 1.82) is 0 Å². The van der Waals surface area contributed by atoms with Crippen LogP contribution in [-0.4, -0.2) is 35.5 Å². The molecule has 1 heterocycles. The number of carbonyl (C=O) groups is 4. The van der Waals surface area contributed by atoms with Crippen molar-refractivity contribution >= 4 is 51.5 Å².